The summed E-state index contributed by atoms with van der Waals surface area (Å²) in [6.45, 7) is 0.488. The maximum absolute atomic E-state index is 12.0. The number of carbonyl (C=O) groups is 1. The highest BCUT2D eigenvalue weighted by molar-refractivity contribution is 6.18. The summed E-state index contributed by atoms with van der Waals surface area (Å²) < 4.78 is 10.2. The first-order chi connectivity index (χ1) is 9.52. The first kappa shape index (κ1) is 17.4. The Labute approximate surface area is 122 Å². The van der Waals surface area contributed by atoms with E-state index >= 15 is 0 Å². The Morgan fingerprint density at radius 3 is 2.75 bits per heavy atom. The van der Waals surface area contributed by atoms with Gasteiger partial charge in [0, 0.05) is 26.1 Å². The first-order valence-electron chi connectivity index (χ1n) is 6.28. The van der Waals surface area contributed by atoms with E-state index in [1.165, 1.54) is 12.0 Å². The summed E-state index contributed by atoms with van der Waals surface area (Å²) in [5.74, 6) is 0.249. The van der Waals surface area contributed by atoms with Crippen LogP contribution in [0.15, 0.2) is 0 Å². The minimum atomic E-state index is -1.41. The van der Waals surface area contributed by atoms with Crippen LogP contribution >= 0.6 is 11.6 Å². The quantitative estimate of drug-likeness (QED) is 0.436. The average Bonchev–Trinajstić information content (AvgIpc) is 2.44. The number of ether oxygens (including phenoxy) is 2. The van der Waals surface area contributed by atoms with Gasteiger partial charge in [0.15, 0.2) is 6.23 Å². The molecular formula is C11H21ClN2O6. The Hall–Kier alpha value is -0.640. The molecule has 1 aliphatic heterocycles. The number of carbonyl (C=O) groups excluding carboxylic acids is 1. The zero-order chi connectivity index (χ0) is 15.1. The van der Waals surface area contributed by atoms with E-state index in [1.807, 2.05) is 0 Å². The van der Waals surface area contributed by atoms with Crippen molar-refractivity contribution in [1.29, 1.82) is 0 Å². The van der Waals surface area contributed by atoms with Gasteiger partial charge in [-0.15, -0.1) is 11.6 Å². The molecule has 1 aliphatic rings. The van der Waals surface area contributed by atoms with Gasteiger partial charge in [-0.3, -0.25) is 4.90 Å². The first-order valence-corrected chi connectivity index (χ1v) is 6.81. The van der Waals surface area contributed by atoms with Gasteiger partial charge < -0.3 is 30.1 Å². The number of hydrogen-bond acceptors (Lipinski definition) is 6. The molecule has 0 bridgehead atoms. The number of rotatable bonds is 6. The maximum Gasteiger partial charge on any atom is 0.319 e. The highest BCUT2D eigenvalue weighted by atomic mass is 35.5. The Morgan fingerprint density at radius 2 is 2.15 bits per heavy atom. The number of alkyl halides is 1. The molecule has 4 atom stereocenters. The summed E-state index contributed by atoms with van der Waals surface area (Å²) in [7, 11) is 1.48. The average molecular weight is 313 g/mol. The summed E-state index contributed by atoms with van der Waals surface area (Å²) in [6, 6.07) is -0.490. The Balaban J connectivity index is 2.73. The number of amides is 2. The van der Waals surface area contributed by atoms with E-state index in [9.17, 15) is 20.1 Å². The van der Waals surface area contributed by atoms with Crippen LogP contribution < -0.4 is 5.32 Å². The molecule has 0 spiro atoms. The van der Waals surface area contributed by atoms with Gasteiger partial charge in [0.2, 0.25) is 0 Å². The lowest BCUT2D eigenvalue weighted by molar-refractivity contribution is -0.220. The second-order valence-electron chi connectivity index (χ2n) is 4.38. The van der Waals surface area contributed by atoms with Crippen LogP contribution in [0.1, 0.15) is 0 Å². The number of halogens is 1. The molecule has 20 heavy (non-hydrogen) atoms. The summed E-state index contributed by atoms with van der Waals surface area (Å²) in [6.07, 6.45) is -5.02. The summed E-state index contributed by atoms with van der Waals surface area (Å²) >= 11 is 5.50. The van der Waals surface area contributed by atoms with E-state index in [0.29, 0.717) is 0 Å². The van der Waals surface area contributed by atoms with E-state index in [2.05, 4.69) is 5.32 Å². The smallest absolute Gasteiger partial charge is 0.319 e. The van der Waals surface area contributed by atoms with Crippen LogP contribution in [-0.4, -0.2) is 90.1 Å². The van der Waals surface area contributed by atoms with Gasteiger partial charge in [-0.1, -0.05) is 0 Å². The standard InChI is InChI=1S/C11H21ClN2O6/c1-19-5-4-14(11(18)13-3-2-12)10-9(17)8(16)7(15)6-20-10/h7-10,15-17H,2-6H2,1H3,(H,13,18)/t7-,8+,9-,10?/m1/s1. The highest BCUT2D eigenvalue weighted by Gasteiger charge is 2.42. The van der Waals surface area contributed by atoms with Gasteiger partial charge >= 0.3 is 6.03 Å². The maximum atomic E-state index is 12.0. The van der Waals surface area contributed by atoms with Gasteiger partial charge in [-0.2, -0.15) is 0 Å². The van der Waals surface area contributed by atoms with E-state index in [4.69, 9.17) is 21.1 Å². The molecule has 0 saturated carbocycles. The topological polar surface area (TPSA) is 111 Å². The van der Waals surface area contributed by atoms with Crippen molar-refractivity contribution in [3.63, 3.8) is 0 Å². The van der Waals surface area contributed by atoms with Gasteiger partial charge in [-0.05, 0) is 0 Å². The molecule has 1 heterocycles. The van der Waals surface area contributed by atoms with Crippen molar-refractivity contribution >= 4 is 17.6 Å². The molecule has 1 rings (SSSR count). The fraction of sp³-hybridized carbons (Fsp3) is 0.909. The van der Waals surface area contributed by atoms with E-state index in [1.54, 1.807) is 0 Å². The van der Waals surface area contributed by atoms with Crippen molar-refractivity contribution in [3.05, 3.63) is 0 Å². The molecule has 0 radical (unpaired) electrons. The summed E-state index contributed by atoms with van der Waals surface area (Å²) in [5, 5.41) is 31.5. The second-order valence-corrected chi connectivity index (χ2v) is 4.76. The van der Waals surface area contributed by atoms with Crippen LogP contribution in [0.25, 0.3) is 0 Å². The van der Waals surface area contributed by atoms with Crippen LogP contribution in [0.2, 0.25) is 0 Å². The van der Waals surface area contributed by atoms with Crippen LogP contribution in [0.5, 0.6) is 0 Å². The molecule has 0 aromatic carbocycles. The number of nitrogens with one attached hydrogen (secondary N) is 1. The van der Waals surface area contributed by atoms with E-state index < -0.39 is 30.6 Å². The van der Waals surface area contributed by atoms with Crippen molar-refractivity contribution in [1.82, 2.24) is 10.2 Å². The van der Waals surface area contributed by atoms with Crippen LogP contribution in [0.4, 0.5) is 4.79 Å². The Kier molecular flexibility index (Phi) is 7.49. The largest absolute Gasteiger partial charge is 0.388 e. The third-order valence-electron chi connectivity index (χ3n) is 2.95. The lowest BCUT2D eigenvalue weighted by Gasteiger charge is -2.41. The normalized spacial score (nSPS) is 30.1. The van der Waals surface area contributed by atoms with Crippen LogP contribution in [-0.2, 0) is 9.47 Å². The van der Waals surface area contributed by atoms with E-state index in [0.717, 1.165) is 0 Å². The molecule has 4 N–H and O–H groups in total. The number of aliphatic hydroxyl groups is 3. The third kappa shape index (κ3) is 4.44. The fourth-order valence-corrected chi connectivity index (χ4v) is 1.95. The predicted octanol–water partition coefficient (Wildman–Crippen LogP) is -1.68. The molecule has 0 aromatic heterocycles. The van der Waals surface area contributed by atoms with Crippen molar-refractivity contribution in [2.75, 3.05) is 39.3 Å². The molecule has 9 heteroatoms. The van der Waals surface area contributed by atoms with Gasteiger partial charge in [-0.25, -0.2) is 4.79 Å². The van der Waals surface area contributed by atoms with Gasteiger partial charge in [0.1, 0.15) is 18.3 Å². The molecule has 1 saturated heterocycles. The van der Waals surface area contributed by atoms with Gasteiger partial charge in [0.25, 0.3) is 0 Å². The SMILES string of the molecule is COCCN(C(=O)NCCCl)C1OC[C@@H](O)[C@H](O)[C@H]1O. The van der Waals surface area contributed by atoms with Crippen molar-refractivity contribution in [3.8, 4) is 0 Å². The highest BCUT2D eigenvalue weighted by Crippen LogP contribution is 2.19. The molecular weight excluding hydrogens is 292 g/mol. The monoisotopic (exact) mass is 312 g/mol. The van der Waals surface area contributed by atoms with Crippen LogP contribution in [0.3, 0.4) is 0 Å². The number of aliphatic hydroxyl groups excluding tert-OH is 3. The van der Waals surface area contributed by atoms with Crippen molar-refractivity contribution in [2.45, 2.75) is 24.5 Å². The zero-order valence-corrected chi connectivity index (χ0v) is 12.0. The lowest BCUT2D eigenvalue weighted by atomic mass is 10.0. The number of urea groups is 1. The Bertz CT molecular complexity index is 309. The minimum absolute atomic E-state index is 0.162. The lowest BCUT2D eigenvalue weighted by Crippen LogP contribution is -2.62. The molecule has 8 nitrogen and oxygen atoms in total. The molecule has 2 amide bonds. The fourth-order valence-electron chi connectivity index (χ4n) is 1.85. The van der Waals surface area contributed by atoms with Gasteiger partial charge in [0.05, 0.1) is 13.2 Å². The summed E-state index contributed by atoms with van der Waals surface area (Å²) in [5.41, 5.74) is 0. The molecule has 1 fully saturated rings. The number of methoxy groups -OCH3 is 1. The number of nitrogens with zero attached hydrogens (tertiary/aromatic N) is 1. The second kappa shape index (κ2) is 8.60. The number of hydrogen-bond donors (Lipinski definition) is 4. The molecule has 1 unspecified atom stereocenters. The predicted molar refractivity (Wildman–Crippen MR) is 70.5 cm³/mol. The minimum Gasteiger partial charge on any atom is -0.388 e. The zero-order valence-electron chi connectivity index (χ0n) is 11.2. The Morgan fingerprint density at radius 1 is 1.45 bits per heavy atom. The van der Waals surface area contributed by atoms with Crippen LogP contribution in [0, 0.1) is 0 Å². The third-order valence-corrected chi connectivity index (χ3v) is 3.14. The van der Waals surface area contributed by atoms with Crippen molar-refractivity contribution < 1.29 is 29.6 Å². The van der Waals surface area contributed by atoms with Crippen molar-refractivity contribution in [2.24, 2.45) is 0 Å². The molecule has 0 aliphatic carbocycles. The van der Waals surface area contributed by atoms with E-state index in [-0.39, 0.29) is 32.2 Å². The molecule has 118 valence electrons. The molecule has 0 aromatic rings. The summed E-state index contributed by atoms with van der Waals surface area (Å²) in [4.78, 5) is 13.2.